The van der Waals surface area contributed by atoms with Crippen molar-refractivity contribution in [3.8, 4) is 11.1 Å². The highest BCUT2D eigenvalue weighted by Gasteiger charge is 2.41. The van der Waals surface area contributed by atoms with Gasteiger partial charge in [0.1, 0.15) is 6.61 Å². The molecular formula is C28H32N2O5. The third-order valence-corrected chi connectivity index (χ3v) is 8.10. The maximum absolute atomic E-state index is 13.0. The summed E-state index contributed by atoms with van der Waals surface area (Å²) in [7, 11) is 0. The molecule has 2 N–H and O–H groups in total. The Labute approximate surface area is 205 Å². The van der Waals surface area contributed by atoms with Crippen LogP contribution >= 0.6 is 0 Å². The van der Waals surface area contributed by atoms with Crippen molar-refractivity contribution in [3.05, 3.63) is 59.7 Å². The van der Waals surface area contributed by atoms with Crippen molar-refractivity contribution in [3.63, 3.8) is 0 Å². The molecule has 0 radical (unpaired) electrons. The summed E-state index contributed by atoms with van der Waals surface area (Å²) < 4.78 is 5.67. The number of nitrogens with zero attached hydrogens (tertiary/aromatic N) is 1. The molecule has 7 heteroatoms. The number of aliphatic carboxylic acids is 1. The van der Waals surface area contributed by atoms with Crippen molar-refractivity contribution in [1.82, 2.24) is 10.2 Å². The number of benzene rings is 2. The molecule has 2 unspecified atom stereocenters. The van der Waals surface area contributed by atoms with Crippen LogP contribution < -0.4 is 5.32 Å². The Balaban J connectivity index is 1.11. The zero-order valence-corrected chi connectivity index (χ0v) is 20.0. The minimum atomic E-state index is -0.830. The zero-order chi connectivity index (χ0) is 24.5. The smallest absolute Gasteiger partial charge is 0.407 e. The van der Waals surface area contributed by atoms with Crippen LogP contribution in [0.4, 0.5) is 4.79 Å². The van der Waals surface area contributed by atoms with Gasteiger partial charge in [-0.3, -0.25) is 9.59 Å². The summed E-state index contributed by atoms with van der Waals surface area (Å²) in [6.07, 6.45) is 2.90. The van der Waals surface area contributed by atoms with E-state index in [1.165, 1.54) is 22.3 Å². The Morgan fingerprint density at radius 2 is 1.54 bits per heavy atom. The molecular weight excluding hydrogens is 444 g/mol. The van der Waals surface area contributed by atoms with Crippen molar-refractivity contribution < 1.29 is 24.2 Å². The molecule has 2 atom stereocenters. The Hall–Kier alpha value is -3.35. The van der Waals surface area contributed by atoms with E-state index in [9.17, 15) is 19.5 Å². The van der Waals surface area contributed by atoms with Crippen LogP contribution in [-0.4, -0.2) is 53.2 Å². The maximum atomic E-state index is 13.0. The lowest BCUT2D eigenvalue weighted by Crippen LogP contribution is -2.44. The Bertz CT molecular complexity index is 1080. The maximum Gasteiger partial charge on any atom is 0.407 e. The van der Waals surface area contributed by atoms with Gasteiger partial charge in [-0.15, -0.1) is 0 Å². The highest BCUT2D eigenvalue weighted by Crippen LogP contribution is 2.44. The zero-order valence-electron chi connectivity index (χ0n) is 20.0. The number of ether oxygens (including phenoxy) is 1. The molecule has 35 heavy (non-hydrogen) atoms. The summed E-state index contributed by atoms with van der Waals surface area (Å²) in [5.41, 5.74) is 4.76. The van der Waals surface area contributed by atoms with Crippen LogP contribution in [0.3, 0.4) is 0 Å². The SMILES string of the molecule is CC1C(C(=O)O)CCN1C(=O)C1CCC(NC(=O)OCC2c3ccccc3-c3ccccc32)CC1. The Morgan fingerprint density at radius 3 is 2.11 bits per heavy atom. The number of nitrogens with one attached hydrogen (secondary N) is 1. The van der Waals surface area contributed by atoms with E-state index in [4.69, 9.17) is 4.74 Å². The first-order chi connectivity index (χ1) is 16.9. The van der Waals surface area contributed by atoms with Crippen molar-refractivity contribution in [2.45, 2.75) is 57.0 Å². The molecule has 0 bridgehead atoms. The molecule has 1 saturated heterocycles. The second kappa shape index (κ2) is 9.72. The third kappa shape index (κ3) is 4.51. The normalized spacial score (nSPS) is 25.6. The molecule has 2 aliphatic carbocycles. The molecule has 1 heterocycles. The Morgan fingerprint density at radius 1 is 0.943 bits per heavy atom. The van der Waals surface area contributed by atoms with Gasteiger partial charge in [0.15, 0.2) is 0 Å². The molecule has 184 valence electrons. The number of hydrogen-bond acceptors (Lipinski definition) is 4. The number of carbonyl (C=O) groups is 3. The summed E-state index contributed by atoms with van der Waals surface area (Å²) >= 11 is 0. The van der Waals surface area contributed by atoms with Crippen molar-refractivity contribution in [2.75, 3.05) is 13.2 Å². The second-order valence-electron chi connectivity index (χ2n) is 10.0. The van der Waals surface area contributed by atoms with E-state index in [1.807, 2.05) is 31.2 Å². The van der Waals surface area contributed by atoms with Gasteiger partial charge in [-0.1, -0.05) is 48.5 Å². The minimum Gasteiger partial charge on any atom is -0.481 e. The van der Waals surface area contributed by atoms with Gasteiger partial charge in [0.05, 0.1) is 5.92 Å². The van der Waals surface area contributed by atoms with Crippen LogP contribution in [-0.2, 0) is 14.3 Å². The highest BCUT2D eigenvalue weighted by atomic mass is 16.5. The predicted molar refractivity (Wildman–Crippen MR) is 131 cm³/mol. The third-order valence-electron chi connectivity index (χ3n) is 8.10. The van der Waals surface area contributed by atoms with Gasteiger partial charge in [-0.2, -0.15) is 0 Å². The lowest BCUT2D eigenvalue weighted by Gasteiger charge is -2.32. The van der Waals surface area contributed by atoms with Crippen LogP contribution in [0.1, 0.15) is 56.1 Å². The summed E-state index contributed by atoms with van der Waals surface area (Å²) in [5, 5.41) is 12.3. The van der Waals surface area contributed by atoms with Gasteiger partial charge in [0.25, 0.3) is 0 Å². The molecule has 5 rings (SSSR count). The van der Waals surface area contributed by atoms with E-state index in [1.54, 1.807) is 4.90 Å². The number of hydrogen-bond donors (Lipinski definition) is 2. The van der Waals surface area contributed by atoms with Gasteiger partial charge in [-0.25, -0.2) is 4.79 Å². The summed E-state index contributed by atoms with van der Waals surface area (Å²) in [5.74, 6) is -1.33. The summed E-state index contributed by atoms with van der Waals surface area (Å²) in [6.45, 7) is 2.62. The van der Waals surface area contributed by atoms with E-state index in [-0.39, 0.29) is 36.4 Å². The van der Waals surface area contributed by atoms with E-state index in [0.29, 0.717) is 38.6 Å². The molecule has 1 aliphatic heterocycles. The average Bonchev–Trinajstić information content (AvgIpc) is 3.41. The minimum absolute atomic E-state index is 0.0162. The van der Waals surface area contributed by atoms with E-state index in [0.717, 1.165) is 0 Å². The molecule has 1 saturated carbocycles. The van der Waals surface area contributed by atoms with Gasteiger partial charge >= 0.3 is 12.1 Å². The van der Waals surface area contributed by atoms with E-state index < -0.39 is 18.0 Å². The second-order valence-corrected chi connectivity index (χ2v) is 10.0. The molecule has 0 aromatic heterocycles. The number of alkyl carbamates (subject to hydrolysis) is 1. The molecule has 2 fully saturated rings. The predicted octanol–water partition coefficient (Wildman–Crippen LogP) is 4.41. The van der Waals surface area contributed by atoms with Crippen LogP contribution in [0, 0.1) is 11.8 Å². The van der Waals surface area contributed by atoms with Crippen LogP contribution in [0.15, 0.2) is 48.5 Å². The number of amides is 2. The fourth-order valence-electron chi connectivity index (χ4n) is 6.11. The number of fused-ring (bicyclic) bond motifs is 3. The molecule has 2 aromatic rings. The highest BCUT2D eigenvalue weighted by molar-refractivity contribution is 5.82. The fraction of sp³-hybridized carbons (Fsp3) is 0.464. The largest absolute Gasteiger partial charge is 0.481 e. The van der Waals surface area contributed by atoms with Crippen LogP contribution in [0.2, 0.25) is 0 Å². The monoisotopic (exact) mass is 476 g/mol. The van der Waals surface area contributed by atoms with E-state index in [2.05, 4.69) is 29.6 Å². The molecule has 0 spiro atoms. The lowest BCUT2D eigenvalue weighted by atomic mass is 9.85. The summed E-state index contributed by atoms with van der Waals surface area (Å²) in [4.78, 5) is 38.7. The molecule has 3 aliphatic rings. The van der Waals surface area contributed by atoms with Crippen LogP contribution in [0.5, 0.6) is 0 Å². The number of rotatable bonds is 5. The average molecular weight is 477 g/mol. The fourth-order valence-corrected chi connectivity index (χ4v) is 6.11. The number of carbonyl (C=O) groups excluding carboxylic acids is 2. The van der Waals surface area contributed by atoms with Crippen molar-refractivity contribution in [1.29, 1.82) is 0 Å². The number of likely N-dealkylation sites (tertiary alicyclic amines) is 1. The van der Waals surface area contributed by atoms with Crippen molar-refractivity contribution >= 4 is 18.0 Å². The van der Waals surface area contributed by atoms with Gasteiger partial charge in [0.2, 0.25) is 5.91 Å². The molecule has 7 nitrogen and oxygen atoms in total. The first-order valence-electron chi connectivity index (χ1n) is 12.6. The topological polar surface area (TPSA) is 95.9 Å². The molecule has 2 aromatic carbocycles. The van der Waals surface area contributed by atoms with Crippen molar-refractivity contribution in [2.24, 2.45) is 11.8 Å². The standard InChI is InChI=1S/C28H32N2O5/c1-17-20(27(32)33)14-15-30(17)26(31)18-10-12-19(13-11-18)29-28(34)35-16-25-23-8-4-2-6-21(23)22-7-3-5-9-24(22)25/h2-9,17-20,25H,10-16H2,1H3,(H,29,34)(H,32,33). The van der Waals surface area contributed by atoms with Crippen LogP contribution in [0.25, 0.3) is 11.1 Å². The van der Waals surface area contributed by atoms with E-state index >= 15 is 0 Å². The number of carboxylic acid groups (broad SMARTS) is 1. The Kier molecular flexibility index (Phi) is 6.50. The quantitative estimate of drug-likeness (QED) is 0.667. The number of carboxylic acids is 1. The molecule has 2 amide bonds. The van der Waals surface area contributed by atoms with Gasteiger partial charge in [0, 0.05) is 30.5 Å². The van der Waals surface area contributed by atoms with Gasteiger partial charge in [-0.05, 0) is 61.3 Å². The summed E-state index contributed by atoms with van der Waals surface area (Å²) in [6, 6.07) is 16.2. The van der Waals surface area contributed by atoms with Gasteiger partial charge < -0.3 is 20.1 Å². The first-order valence-corrected chi connectivity index (χ1v) is 12.6. The first kappa shape index (κ1) is 23.4. The lowest BCUT2D eigenvalue weighted by molar-refractivity contribution is -0.143.